The maximum absolute atomic E-state index is 12.9. The Hall–Kier alpha value is -2.45. The summed E-state index contributed by atoms with van der Waals surface area (Å²) in [6.07, 6.45) is 3.65. The smallest absolute Gasteiger partial charge is 0.187 e. The van der Waals surface area contributed by atoms with Crippen LogP contribution in [-0.2, 0) is 4.79 Å². The Morgan fingerprint density at radius 1 is 1.00 bits per heavy atom. The molecule has 0 aliphatic heterocycles. The fourth-order valence-corrected chi connectivity index (χ4v) is 3.18. The van der Waals surface area contributed by atoms with E-state index in [-0.39, 0.29) is 11.2 Å². The van der Waals surface area contributed by atoms with Crippen LogP contribution in [0.3, 0.4) is 0 Å². The molecule has 2 aromatic rings. The largest absolute Gasteiger partial charge is 0.384 e. The normalized spacial score (nSPS) is 19.9. The van der Waals surface area contributed by atoms with Gasteiger partial charge >= 0.3 is 0 Å². The molecule has 0 bridgehead atoms. The summed E-state index contributed by atoms with van der Waals surface area (Å²) in [6, 6.07) is 19.2. The van der Waals surface area contributed by atoms with Crippen LogP contribution in [0.2, 0.25) is 0 Å². The number of Topliss-reactive ketones (excluding diaryl/α,β-unsaturated/α-hetero) is 1. The fourth-order valence-electron chi connectivity index (χ4n) is 3.18. The first-order valence-corrected chi connectivity index (χ1v) is 8.22. The minimum atomic E-state index is -0.891. The molecule has 3 rings (SSSR count). The number of carbonyl (C=O) groups excluding carboxylic acids is 1. The summed E-state index contributed by atoms with van der Waals surface area (Å²) in [5, 5.41) is 10.7. The second-order valence-corrected chi connectivity index (χ2v) is 6.99. The van der Waals surface area contributed by atoms with E-state index in [2.05, 4.69) is 13.8 Å². The first kappa shape index (κ1) is 16.4. The average molecular weight is 318 g/mol. The molecule has 0 aromatic heterocycles. The molecule has 0 amide bonds. The molecule has 1 aliphatic rings. The van der Waals surface area contributed by atoms with Gasteiger partial charge < -0.3 is 5.11 Å². The number of hydrogen-bond donors (Lipinski definition) is 1. The molecule has 2 heteroatoms. The predicted octanol–water partition coefficient (Wildman–Crippen LogP) is 4.73. The number of aliphatic hydroxyl groups excluding tert-OH is 1. The van der Waals surface area contributed by atoms with Crippen molar-refractivity contribution in [3.05, 3.63) is 89.0 Å². The van der Waals surface area contributed by atoms with Crippen molar-refractivity contribution < 1.29 is 9.90 Å². The van der Waals surface area contributed by atoms with Gasteiger partial charge in [0.05, 0.1) is 0 Å². The molecule has 0 saturated heterocycles. The van der Waals surface area contributed by atoms with Crippen LogP contribution in [0.4, 0.5) is 0 Å². The van der Waals surface area contributed by atoms with E-state index >= 15 is 0 Å². The lowest BCUT2D eigenvalue weighted by Crippen LogP contribution is -2.25. The number of hydrogen-bond acceptors (Lipinski definition) is 2. The number of ketones is 1. The van der Waals surface area contributed by atoms with Crippen molar-refractivity contribution in [3.63, 3.8) is 0 Å². The molecule has 1 unspecified atom stereocenters. The van der Waals surface area contributed by atoms with Crippen molar-refractivity contribution in [2.24, 2.45) is 5.41 Å². The van der Waals surface area contributed by atoms with Gasteiger partial charge in [-0.25, -0.2) is 0 Å². The topological polar surface area (TPSA) is 37.3 Å². The van der Waals surface area contributed by atoms with Crippen molar-refractivity contribution in [3.8, 4) is 0 Å². The fraction of sp³-hybridized carbons (Fsp3) is 0.227. The molecule has 0 saturated carbocycles. The number of allylic oxidation sites excluding steroid dienone is 2. The summed E-state index contributed by atoms with van der Waals surface area (Å²) in [7, 11) is 0. The van der Waals surface area contributed by atoms with Gasteiger partial charge in [0.25, 0.3) is 0 Å². The predicted molar refractivity (Wildman–Crippen MR) is 97.3 cm³/mol. The van der Waals surface area contributed by atoms with Gasteiger partial charge in [0.1, 0.15) is 6.10 Å². The van der Waals surface area contributed by atoms with Gasteiger partial charge in [-0.1, -0.05) is 80.6 Å². The van der Waals surface area contributed by atoms with E-state index in [0.29, 0.717) is 12.0 Å². The van der Waals surface area contributed by atoms with Crippen molar-refractivity contribution in [2.45, 2.75) is 26.4 Å². The first-order chi connectivity index (χ1) is 11.5. The molecule has 0 fully saturated rings. The molecule has 2 aromatic carbocycles. The van der Waals surface area contributed by atoms with Crippen molar-refractivity contribution in [2.75, 3.05) is 0 Å². The Morgan fingerprint density at radius 2 is 1.58 bits per heavy atom. The van der Waals surface area contributed by atoms with Crippen LogP contribution in [0, 0.1) is 5.41 Å². The first-order valence-electron chi connectivity index (χ1n) is 8.22. The summed E-state index contributed by atoms with van der Waals surface area (Å²) in [6.45, 7) is 4.19. The zero-order valence-corrected chi connectivity index (χ0v) is 14.1. The SMILES string of the molecule is CC1(C)C=C(C(O)c2ccccc2)C(=O)/C(=C/c2ccccc2)C1. The van der Waals surface area contributed by atoms with E-state index in [9.17, 15) is 9.90 Å². The highest BCUT2D eigenvalue weighted by atomic mass is 16.3. The summed E-state index contributed by atoms with van der Waals surface area (Å²) in [5.41, 5.74) is 2.80. The highest BCUT2D eigenvalue weighted by molar-refractivity contribution is 6.12. The molecule has 0 radical (unpaired) electrons. The van der Waals surface area contributed by atoms with Gasteiger partial charge in [0.2, 0.25) is 0 Å². The zero-order chi connectivity index (χ0) is 17.2. The van der Waals surface area contributed by atoms with Crippen LogP contribution >= 0.6 is 0 Å². The molecule has 0 spiro atoms. The Bertz CT molecular complexity index is 783. The minimum absolute atomic E-state index is 0.0606. The lowest BCUT2D eigenvalue weighted by atomic mass is 9.74. The minimum Gasteiger partial charge on any atom is -0.384 e. The van der Waals surface area contributed by atoms with E-state index in [1.165, 1.54) is 0 Å². The van der Waals surface area contributed by atoms with Crippen LogP contribution in [-0.4, -0.2) is 10.9 Å². The summed E-state index contributed by atoms with van der Waals surface area (Å²) in [5.74, 6) is -0.0606. The second kappa shape index (κ2) is 6.58. The average Bonchev–Trinajstić information content (AvgIpc) is 2.59. The van der Waals surface area contributed by atoms with E-state index < -0.39 is 6.10 Å². The molecule has 0 heterocycles. The number of carbonyl (C=O) groups is 1. The van der Waals surface area contributed by atoms with Crippen LogP contribution in [0.25, 0.3) is 6.08 Å². The number of rotatable bonds is 3. The number of benzene rings is 2. The molecular weight excluding hydrogens is 296 g/mol. The van der Waals surface area contributed by atoms with Crippen LogP contribution in [0.15, 0.2) is 77.9 Å². The molecule has 1 atom stereocenters. The quantitative estimate of drug-likeness (QED) is 0.831. The third-order valence-corrected chi connectivity index (χ3v) is 4.30. The van der Waals surface area contributed by atoms with Crippen molar-refractivity contribution in [1.82, 2.24) is 0 Å². The Labute approximate surface area is 143 Å². The van der Waals surface area contributed by atoms with Gasteiger partial charge in [-0.15, -0.1) is 0 Å². The molecule has 1 aliphatic carbocycles. The highest BCUT2D eigenvalue weighted by Gasteiger charge is 2.33. The van der Waals surface area contributed by atoms with Crippen LogP contribution in [0.5, 0.6) is 0 Å². The van der Waals surface area contributed by atoms with Crippen LogP contribution in [0.1, 0.15) is 37.5 Å². The Kier molecular flexibility index (Phi) is 4.50. The third-order valence-electron chi connectivity index (χ3n) is 4.30. The monoisotopic (exact) mass is 318 g/mol. The zero-order valence-electron chi connectivity index (χ0n) is 14.1. The Morgan fingerprint density at radius 3 is 2.21 bits per heavy atom. The van der Waals surface area contributed by atoms with Gasteiger partial charge in [0.15, 0.2) is 5.78 Å². The lowest BCUT2D eigenvalue weighted by molar-refractivity contribution is -0.114. The van der Waals surface area contributed by atoms with E-state index in [1.807, 2.05) is 72.8 Å². The molecular formula is C22H22O2. The maximum Gasteiger partial charge on any atom is 0.187 e. The standard InChI is InChI=1S/C22H22O2/c1-22(2)14-18(13-16-9-5-3-6-10-16)21(24)19(15-22)20(23)17-11-7-4-8-12-17/h3-13,15,20,23H,14H2,1-2H3/b18-13+. The maximum atomic E-state index is 12.9. The van der Waals surface area contributed by atoms with Crippen molar-refractivity contribution in [1.29, 1.82) is 0 Å². The van der Waals surface area contributed by atoms with Crippen molar-refractivity contribution >= 4 is 11.9 Å². The van der Waals surface area contributed by atoms with E-state index in [4.69, 9.17) is 0 Å². The summed E-state index contributed by atoms with van der Waals surface area (Å²) in [4.78, 5) is 12.9. The van der Waals surface area contributed by atoms with Gasteiger partial charge in [-0.05, 0) is 29.0 Å². The summed E-state index contributed by atoms with van der Waals surface area (Å²) < 4.78 is 0. The molecule has 24 heavy (non-hydrogen) atoms. The second-order valence-electron chi connectivity index (χ2n) is 6.99. The van der Waals surface area contributed by atoms with Crippen LogP contribution < -0.4 is 0 Å². The Balaban J connectivity index is 1.99. The molecule has 1 N–H and O–H groups in total. The van der Waals surface area contributed by atoms with E-state index in [1.54, 1.807) is 0 Å². The van der Waals surface area contributed by atoms with Gasteiger partial charge in [-0.3, -0.25) is 4.79 Å². The van der Waals surface area contributed by atoms with Gasteiger partial charge in [-0.2, -0.15) is 0 Å². The lowest BCUT2D eigenvalue weighted by Gasteiger charge is -2.30. The highest BCUT2D eigenvalue weighted by Crippen LogP contribution is 2.39. The van der Waals surface area contributed by atoms with E-state index in [0.717, 1.165) is 16.7 Å². The molecule has 2 nitrogen and oxygen atoms in total. The third kappa shape index (κ3) is 3.55. The van der Waals surface area contributed by atoms with Gasteiger partial charge in [0, 0.05) is 11.1 Å². The number of aliphatic hydroxyl groups is 1. The summed E-state index contributed by atoms with van der Waals surface area (Å²) >= 11 is 0. The molecule has 122 valence electrons.